The van der Waals surface area contributed by atoms with Gasteiger partial charge in [-0.3, -0.25) is 19.0 Å². The second-order valence-electron chi connectivity index (χ2n) is 7.65. The molecule has 0 unspecified atom stereocenters. The predicted octanol–water partition coefficient (Wildman–Crippen LogP) is 2.22. The fourth-order valence-electron chi connectivity index (χ4n) is 3.44. The summed E-state index contributed by atoms with van der Waals surface area (Å²) in [5.74, 6) is -0.668. The Balaban J connectivity index is 1.39. The molecule has 0 radical (unpaired) electrons. The van der Waals surface area contributed by atoms with Gasteiger partial charge in [-0.2, -0.15) is 0 Å². The first-order chi connectivity index (χ1) is 15.4. The van der Waals surface area contributed by atoms with Gasteiger partial charge < -0.3 is 15.5 Å². The Kier molecular flexibility index (Phi) is 7.99. The van der Waals surface area contributed by atoms with Crippen LogP contribution in [0.3, 0.4) is 0 Å². The minimum Gasteiger partial charge on any atom is -0.372 e. The maximum absolute atomic E-state index is 12.5. The van der Waals surface area contributed by atoms with E-state index in [1.807, 2.05) is 13.0 Å². The van der Waals surface area contributed by atoms with E-state index in [0.29, 0.717) is 16.8 Å². The van der Waals surface area contributed by atoms with Crippen LogP contribution in [0.1, 0.15) is 23.8 Å². The number of aromatic nitrogens is 2. The van der Waals surface area contributed by atoms with Crippen LogP contribution in [0.25, 0.3) is 10.2 Å². The topological polar surface area (TPSA) is 96.3 Å². The molecule has 0 saturated carbocycles. The Bertz CT molecular complexity index is 1150. The van der Waals surface area contributed by atoms with Gasteiger partial charge in [-0.25, -0.2) is 4.98 Å². The molecule has 0 aliphatic carbocycles. The fraction of sp³-hybridized carbons (Fsp3) is 0.391. The van der Waals surface area contributed by atoms with Crippen LogP contribution >= 0.6 is 11.3 Å². The van der Waals surface area contributed by atoms with E-state index in [4.69, 9.17) is 0 Å². The monoisotopic (exact) mass is 455 g/mol. The number of amides is 2. The van der Waals surface area contributed by atoms with Gasteiger partial charge in [-0.1, -0.05) is 12.1 Å². The third kappa shape index (κ3) is 6.16. The summed E-state index contributed by atoms with van der Waals surface area (Å²) in [5.41, 5.74) is 2.13. The van der Waals surface area contributed by atoms with Crippen molar-refractivity contribution in [1.82, 2.24) is 20.2 Å². The lowest BCUT2D eigenvalue weighted by molar-refractivity contribution is -0.126. The van der Waals surface area contributed by atoms with E-state index in [1.165, 1.54) is 33.5 Å². The number of rotatable bonds is 10. The van der Waals surface area contributed by atoms with Gasteiger partial charge in [0.1, 0.15) is 11.4 Å². The van der Waals surface area contributed by atoms with E-state index >= 15 is 0 Å². The van der Waals surface area contributed by atoms with Crippen LogP contribution < -0.4 is 21.1 Å². The number of carbonyl (C=O) groups is 2. The fourth-order valence-corrected chi connectivity index (χ4v) is 4.27. The Morgan fingerprint density at radius 3 is 2.72 bits per heavy atom. The number of aryl methyl sites for hydroxylation is 2. The van der Waals surface area contributed by atoms with E-state index in [1.54, 1.807) is 6.07 Å². The first-order valence-corrected chi connectivity index (χ1v) is 11.5. The number of benzene rings is 1. The molecule has 32 heavy (non-hydrogen) atoms. The normalized spacial score (nSPS) is 10.8. The summed E-state index contributed by atoms with van der Waals surface area (Å²) in [6.07, 6.45) is 2.16. The molecule has 0 aliphatic heterocycles. The van der Waals surface area contributed by atoms with Crippen molar-refractivity contribution in [2.75, 3.05) is 31.1 Å². The molecule has 0 spiro atoms. The molecule has 0 atom stereocenters. The Hall–Kier alpha value is -3.20. The number of nitrogens with zero attached hydrogens (tertiary/aromatic N) is 3. The van der Waals surface area contributed by atoms with Crippen molar-refractivity contribution in [3.05, 3.63) is 57.5 Å². The smallest absolute Gasteiger partial charge is 0.262 e. The van der Waals surface area contributed by atoms with Crippen molar-refractivity contribution in [3.63, 3.8) is 0 Å². The summed E-state index contributed by atoms with van der Waals surface area (Å²) in [6, 6.07) is 10.1. The van der Waals surface area contributed by atoms with E-state index in [2.05, 4.69) is 52.6 Å². The maximum Gasteiger partial charge on any atom is 0.262 e. The lowest BCUT2D eigenvalue weighted by Gasteiger charge is -2.23. The molecule has 3 aromatic rings. The summed E-state index contributed by atoms with van der Waals surface area (Å²) in [7, 11) is 0. The molecule has 1 aromatic carbocycles. The molecule has 8 nitrogen and oxygen atoms in total. The third-order valence-corrected chi connectivity index (χ3v) is 6.04. The highest BCUT2D eigenvalue weighted by atomic mass is 32.1. The van der Waals surface area contributed by atoms with Crippen molar-refractivity contribution in [2.45, 2.75) is 33.7 Å². The Morgan fingerprint density at radius 2 is 1.97 bits per heavy atom. The molecular weight excluding hydrogens is 426 g/mol. The summed E-state index contributed by atoms with van der Waals surface area (Å²) < 4.78 is 1.26. The molecule has 9 heteroatoms. The number of fused-ring (bicyclic) bond motifs is 1. The van der Waals surface area contributed by atoms with Crippen molar-refractivity contribution in [1.29, 1.82) is 0 Å². The number of anilines is 1. The van der Waals surface area contributed by atoms with Crippen LogP contribution in [-0.2, 0) is 16.1 Å². The van der Waals surface area contributed by atoms with Gasteiger partial charge in [0.25, 0.3) is 5.56 Å². The Labute approximate surface area is 191 Å². The first kappa shape index (κ1) is 23.5. The minimum atomic E-state index is -0.410. The zero-order valence-electron chi connectivity index (χ0n) is 18.7. The van der Waals surface area contributed by atoms with Crippen molar-refractivity contribution >= 4 is 39.1 Å². The number of thiophene rings is 1. The van der Waals surface area contributed by atoms with E-state index in [9.17, 15) is 14.4 Å². The second-order valence-corrected chi connectivity index (χ2v) is 8.89. The van der Waals surface area contributed by atoms with Gasteiger partial charge in [0.2, 0.25) is 11.8 Å². The van der Waals surface area contributed by atoms with Gasteiger partial charge in [-0.05, 0) is 51.0 Å². The number of carbonyl (C=O) groups excluding carboxylic acids is 2. The molecular formula is C23H29N5O3S. The molecule has 0 fully saturated rings. The zero-order valence-corrected chi connectivity index (χ0v) is 19.5. The van der Waals surface area contributed by atoms with Crippen LogP contribution in [0.2, 0.25) is 0 Å². The molecule has 0 bridgehead atoms. The molecule has 170 valence electrons. The van der Waals surface area contributed by atoms with Gasteiger partial charge in [-0.15, -0.1) is 11.3 Å². The Morgan fingerprint density at radius 1 is 1.16 bits per heavy atom. The highest BCUT2D eigenvalue weighted by Crippen LogP contribution is 2.19. The standard InChI is InChI=1S/C23H29N5O3S/c1-4-27(18-8-5-7-16(2)11-18)10-6-9-24-20(29)13-25-21(30)14-28-15-26-22-19(23(28)31)12-17(3)32-22/h5,7-8,11-12,15H,4,6,9-10,13-14H2,1-3H3,(H,24,29)(H,25,30). The summed E-state index contributed by atoms with van der Waals surface area (Å²) in [5, 5.41) is 5.89. The predicted molar refractivity (Wildman–Crippen MR) is 128 cm³/mol. The third-order valence-electron chi connectivity index (χ3n) is 5.08. The molecule has 3 rings (SSSR count). The van der Waals surface area contributed by atoms with Crippen LogP contribution in [0.5, 0.6) is 0 Å². The van der Waals surface area contributed by atoms with Crippen molar-refractivity contribution in [3.8, 4) is 0 Å². The van der Waals surface area contributed by atoms with Gasteiger partial charge in [0, 0.05) is 30.2 Å². The van der Waals surface area contributed by atoms with E-state index in [0.717, 1.165) is 24.4 Å². The second kappa shape index (κ2) is 10.9. The van der Waals surface area contributed by atoms with Crippen LogP contribution in [0.15, 0.2) is 41.5 Å². The maximum atomic E-state index is 12.5. The minimum absolute atomic E-state index is 0.129. The summed E-state index contributed by atoms with van der Waals surface area (Å²) >= 11 is 1.44. The van der Waals surface area contributed by atoms with Crippen LogP contribution in [-0.4, -0.2) is 47.5 Å². The summed E-state index contributed by atoms with van der Waals surface area (Å²) in [6.45, 7) is 8.01. The molecule has 2 heterocycles. The summed E-state index contributed by atoms with van der Waals surface area (Å²) in [4.78, 5) is 44.8. The highest BCUT2D eigenvalue weighted by Gasteiger charge is 2.11. The molecule has 2 amide bonds. The van der Waals surface area contributed by atoms with Crippen molar-refractivity contribution in [2.24, 2.45) is 0 Å². The molecule has 0 saturated heterocycles. The largest absolute Gasteiger partial charge is 0.372 e. The number of nitrogens with one attached hydrogen (secondary N) is 2. The van der Waals surface area contributed by atoms with E-state index in [-0.39, 0.29) is 24.6 Å². The highest BCUT2D eigenvalue weighted by molar-refractivity contribution is 7.18. The van der Waals surface area contributed by atoms with Crippen molar-refractivity contribution < 1.29 is 9.59 Å². The quantitative estimate of drug-likeness (QED) is 0.457. The first-order valence-electron chi connectivity index (χ1n) is 10.7. The molecule has 2 aromatic heterocycles. The van der Waals surface area contributed by atoms with E-state index < -0.39 is 5.91 Å². The van der Waals surface area contributed by atoms with Gasteiger partial charge >= 0.3 is 0 Å². The average Bonchev–Trinajstić information content (AvgIpc) is 3.15. The zero-order chi connectivity index (χ0) is 23.1. The lowest BCUT2D eigenvalue weighted by Crippen LogP contribution is -2.40. The van der Waals surface area contributed by atoms with Gasteiger partial charge in [0.05, 0.1) is 18.3 Å². The van der Waals surface area contributed by atoms with Crippen LogP contribution in [0, 0.1) is 13.8 Å². The molecule has 0 aliphatic rings. The number of hydrogen-bond acceptors (Lipinski definition) is 6. The SMILES string of the molecule is CCN(CCCNC(=O)CNC(=O)Cn1cnc2sc(C)cc2c1=O)c1cccc(C)c1. The lowest BCUT2D eigenvalue weighted by atomic mass is 10.2. The van der Waals surface area contributed by atoms with Crippen LogP contribution in [0.4, 0.5) is 5.69 Å². The number of hydrogen-bond donors (Lipinski definition) is 2. The van der Waals surface area contributed by atoms with Gasteiger partial charge in [0.15, 0.2) is 0 Å². The molecule has 2 N–H and O–H groups in total. The average molecular weight is 456 g/mol.